The Labute approximate surface area is 116 Å². The van der Waals surface area contributed by atoms with Crippen molar-refractivity contribution in [2.45, 2.75) is 6.54 Å². The van der Waals surface area contributed by atoms with Crippen molar-refractivity contribution in [3.05, 3.63) is 53.6 Å². The first-order chi connectivity index (χ1) is 9.63. The number of hydrogen-bond donors (Lipinski definition) is 1. The lowest BCUT2D eigenvalue weighted by Crippen LogP contribution is -2.03. The van der Waals surface area contributed by atoms with E-state index in [2.05, 4.69) is 5.32 Å². The van der Waals surface area contributed by atoms with Crippen LogP contribution in [0.4, 0.5) is 14.5 Å². The van der Waals surface area contributed by atoms with Crippen LogP contribution in [0.25, 0.3) is 0 Å². The number of ether oxygens (including phenoxy) is 2. The molecule has 2 aromatic carbocycles. The van der Waals surface area contributed by atoms with Crippen LogP contribution >= 0.6 is 0 Å². The fourth-order valence-corrected chi connectivity index (χ4v) is 1.95. The number of benzene rings is 2. The summed E-state index contributed by atoms with van der Waals surface area (Å²) < 4.78 is 36.7. The first kappa shape index (κ1) is 14.1. The van der Waals surface area contributed by atoms with Crippen LogP contribution in [0.1, 0.15) is 5.56 Å². The first-order valence-electron chi connectivity index (χ1n) is 6.04. The Morgan fingerprint density at radius 2 is 1.70 bits per heavy atom. The summed E-state index contributed by atoms with van der Waals surface area (Å²) in [6.45, 7) is 0.364. The van der Waals surface area contributed by atoms with E-state index in [-0.39, 0.29) is 0 Å². The van der Waals surface area contributed by atoms with E-state index in [0.717, 1.165) is 11.6 Å². The smallest absolute Gasteiger partial charge is 0.165 e. The quantitative estimate of drug-likeness (QED) is 0.907. The Kier molecular flexibility index (Phi) is 4.40. The highest BCUT2D eigenvalue weighted by Gasteiger charge is 2.09. The molecule has 0 bridgehead atoms. The van der Waals surface area contributed by atoms with Gasteiger partial charge in [-0.05, 0) is 18.2 Å². The maximum absolute atomic E-state index is 13.1. The molecule has 2 rings (SSSR count). The maximum atomic E-state index is 13.1. The molecular formula is C15H15F2NO2. The third kappa shape index (κ3) is 3.17. The van der Waals surface area contributed by atoms with E-state index in [9.17, 15) is 8.78 Å². The van der Waals surface area contributed by atoms with Crippen molar-refractivity contribution in [3.63, 3.8) is 0 Å². The molecule has 0 saturated carbocycles. The largest absolute Gasteiger partial charge is 0.493 e. The van der Waals surface area contributed by atoms with Crippen molar-refractivity contribution in [1.29, 1.82) is 0 Å². The van der Waals surface area contributed by atoms with Crippen molar-refractivity contribution < 1.29 is 18.3 Å². The van der Waals surface area contributed by atoms with Gasteiger partial charge in [0, 0.05) is 23.9 Å². The topological polar surface area (TPSA) is 30.5 Å². The Morgan fingerprint density at radius 3 is 2.30 bits per heavy atom. The molecule has 0 spiro atoms. The third-order valence-corrected chi connectivity index (χ3v) is 2.83. The van der Waals surface area contributed by atoms with Gasteiger partial charge in [-0.3, -0.25) is 0 Å². The predicted molar refractivity (Wildman–Crippen MR) is 73.2 cm³/mol. The predicted octanol–water partition coefficient (Wildman–Crippen LogP) is 3.59. The van der Waals surface area contributed by atoms with Crippen molar-refractivity contribution in [3.8, 4) is 11.5 Å². The van der Waals surface area contributed by atoms with Gasteiger partial charge in [-0.2, -0.15) is 0 Å². The Morgan fingerprint density at radius 1 is 1.00 bits per heavy atom. The Balaban J connectivity index is 2.18. The molecule has 0 heterocycles. The lowest BCUT2D eigenvalue weighted by molar-refractivity contribution is 0.352. The number of para-hydroxylation sites is 1. The summed E-state index contributed by atoms with van der Waals surface area (Å²) in [7, 11) is 3.10. The SMILES string of the molecule is COc1cccc(CNc2cc(F)cc(F)c2)c1OC. The van der Waals surface area contributed by atoms with Crippen LogP contribution in [0.15, 0.2) is 36.4 Å². The van der Waals surface area contributed by atoms with Crippen LogP contribution in [0.3, 0.4) is 0 Å². The molecule has 20 heavy (non-hydrogen) atoms. The molecule has 0 atom stereocenters. The van der Waals surface area contributed by atoms with E-state index in [0.29, 0.717) is 23.7 Å². The molecule has 1 N–H and O–H groups in total. The van der Waals surface area contributed by atoms with Gasteiger partial charge in [-0.15, -0.1) is 0 Å². The third-order valence-electron chi connectivity index (χ3n) is 2.83. The number of methoxy groups -OCH3 is 2. The number of nitrogens with one attached hydrogen (secondary N) is 1. The highest BCUT2D eigenvalue weighted by atomic mass is 19.1. The molecule has 0 fully saturated rings. The Bertz CT molecular complexity index is 582. The van der Waals surface area contributed by atoms with Crippen LogP contribution in [0.5, 0.6) is 11.5 Å². The summed E-state index contributed by atoms with van der Waals surface area (Å²) in [5.41, 5.74) is 1.20. The molecule has 5 heteroatoms. The molecule has 0 aromatic heterocycles. The minimum atomic E-state index is -0.620. The molecule has 0 radical (unpaired) electrons. The van der Waals surface area contributed by atoms with Gasteiger partial charge in [0.2, 0.25) is 0 Å². The number of anilines is 1. The minimum absolute atomic E-state index is 0.364. The van der Waals surface area contributed by atoms with E-state index in [1.807, 2.05) is 12.1 Å². The van der Waals surface area contributed by atoms with Crippen LogP contribution in [-0.4, -0.2) is 14.2 Å². The molecule has 0 saturated heterocycles. The lowest BCUT2D eigenvalue weighted by atomic mass is 10.1. The van der Waals surface area contributed by atoms with Crippen LogP contribution in [0.2, 0.25) is 0 Å². The molecule has 106 valence electrons. The standard InChI is InChI=1S/C15H15F2NO2/c1-19-14-5-3-4-10(15(14)20-2)9-18-13-7-11(16)6-12(17)8-13/h3-8,18H,9H2,1-2H3. The monoisotopic (exact) mass is 279 g/mol. The van der Waals surface area contributed by atoms with Crippen molar-refractivity contribution in [2.24, 2.45) is 0 Å². The van der Waals surface area contributed by atoms with Gasteiger partial charge in [0.05, 0.1) is 14.2 Å². The summed E-state index contributed by atoms with van der Waals surface area (Å²) in [4.78, 5) is 0. The highest BCUT2D eigenvalue weighted by molar-refractivity contribution is 5.50. The van der Waals surface area contributed by atoms with Crippen molar-refractivity contribution >= 4 is 5.69 Å². The summed E-state index contributed by atoms with van der Waals surface area (Å²) in [5.74, 6) is -0.0354. The second kappa shape index (κ2) is 6.23. The van der Waals surface area contributed by atoms with E-state index < -0.39 is 11.6 Å². The second-order valence-electron chi connectivity index (χ2n) is 4.16. The van der Waals surface area contributed by atoms with Gasteiger partial charge in [0.15, 0.2) is 11.5 Å². The van der Waals surface area contributed by atoms with E-state index in [1.54, 1.807) is 20.3 Å². The molecule has 0 aliphatic carbocycles. The van der Waals surface area contributed by atoms with E-state index in [1.165, 1.54) is 12.1 Å². The summed E-state index contributed by atoms with van der Waals surface area (Å²) >= 11 is 0. The first-order valence-corrected chi connectivity index (χ1v) is 6.04. The summed E-state index contributed by atoms with van der Waals surface area (Å²) in [6.07, 6.45) is 0. The fraction of sp³-hybridized carbons (Fsp3) is 0.200. The molecular weight excluding hydrogens is 264 g/mol. The lowest BCUT2D eigenvalue weighted by Gasteiger charge is -2.13. The average Bonchev–Trinajstić information content (AvgIpc) is 2.43. The van der Waals surface area contributed by atoms with Gasteiger partial charge >= 0.3 is 0 Å². The van der Waals surface area contributed by atoms with Crippen LogP contribution < -0.4 is 14.8 Å². The van der Waals surface area contributed by atoms with Crippen LogP contribution in [-0.2, 0) is 6.54 Å². The normalized spacial score (nSPS) is 10.2. The molecule has 2 aromatic rings. The zero-order valence-corrected chi connectivity index (χ0v) is 11.2. The number of rotatable bonds is 5. The molecule has 0 aliphatic heterocycles. The minimum Gasteiger partial charge on any atom is -0.493 e. The van der Waals surface area contributed by atoms with Crippen molar-refractivity contribution in [1.82, 2.24) is 0 Å². The number of halogens is 2. The Hall–Kier alpha value is -2.30. The molecule has 3 nitrogen and oxygen atoms in total. The second-order valence-corrected chi connectivity index (χ2v) is 4.16. The van der Waals surface area contributed by atoms with Crippen LogP contribution in [0, 0.1) is 11.6 Å². The van der Waals surface area contributed by atoms with Gasteiger partial charge in [0.25, 0.3) is 0 Å². The van der Waals surface area contributed by atoms with Gasteiger partial charge in [-0.25, -0.2) is 8.78 Å². The fourth-order valence-electron chi connectivity index (χ4n) is 1.95. The highest BCUT2D eigenvalue weighted by Crippen LogP contribution is 2.31. The summed E-state index contributed by atoms with van der Waals surface area (Å²) in [5, 5.41) is 2.95. The zero-order valence-electron chi connectivity index (χ0n) is 11.2. The zero-order chi connectivity index (χ0) is 14.5. The maximum Gasteiger partial charge on any atom is 0.165 e. The van der Waals surface area contributed by atoms with Crippen molar-refractivity contribution in [2.75, 3.05) is 19.5 Å². The van der Waals surface area contributed by atoms with E-state index in [4.69, 9.17) is 9.47 Å². The van der Waals surface area contributed by atoms with Gasteiger partial charge in [0.1, 0.15) is 11.6 Å². The average molecular weight is 279 g/mol. The molecule has 0 amide bonds. The number of hydrogen-bond acceptors (Lipinski definition) is 3. The van der Waals surface area contributed by atoms with E-state index >= 15 is 0 Å². The molecule has 0 aliphatic rings. The summed E-state index contributed by atoms with van der Waals surface area (Å²) in [6, 6.07) is 8.75. The van der Waals surface area contributed by atoms with Gasteiger partial charge in [-0.1, -0.05) is 12.1 Å². The molecule has 0 unspecified atom stereocenters. The van der Waals surface area contributed by atoms with Gasteiger partial charge < -0.3 is 14.8 Å².